The highest BCUT2D eigenvalue weighted by Gasteiger charge is 2.44. The molecule has 8 atom stereocenters. The van der Waals surface area contributed by atoms with Crippen LogP contribution >= 0.6 is 0 Å². The smallest absolute Gasteiger partial charge is 0.220 e. The van der Waals surface area contributed by atoms with Crippen LogP contribution in [0.25, 0.3) is 0 Å². The summed E-state index contributed by atoms with van der Waals surface area (Å²) in [6.07, 6.45) is 8.55. The second-order valence-corrected chi connectivity index (χ2v) is 13.0. The van der Waals surface area contributed by atoms with Gasteiger partial charge >= 0.3 is 0 Å². The number of aliphatic hydroxyl groups is 6. The van der Waals surface area contributed by atoms with Crippen LogP contribution in [0.1, 0.15) is 122 Å². The fourth-order valence-corrected chi connectivity index (χ4v) is 5.98. The maximum Gasteiger partial charge on any atom is 0.220 e. The van der Waals surface area contributed by atoms with E-state index in [9.17, 15) is 35.4 Å². The summed E-state index contributed by atoms with van der Waals surface area (Å²) in [6.45, 7) is 1.31. The number of unbranched alkanes of at least 4 members (excludes halogenated alkanes) is 13. The number of aryl methyl sites for hydroxylation is 1. The first-order chi connectivity index (χ1) is 22.3. The minimum Gasteiger partial charge on any atom is -0.394 e. The Morgan fingerprint density at radius 2 is 1.39 bits per heavy atom. The Bertz CT molecular complexity index is 889. The fourth-order valence-electron chi connectivity index (χ4n) is 5.98. The molecule has 1 fully saturated rings. The van der Waals surface area contributed by atoms with E-state index >= 15 is 0 Å². The minimum absolute atomic E-state index is 0.243. The number of benzene rings is 1. The van der Waals surface area contributed by atoms with E-state index in [1.807, 2.05) is 18.2 Å². The van der Waals surface area contributed by atoms with Crippen LogP contribution in [0.2, 0.25) is 0 Å². The zero-order valence-corrected chi connectivity index (χ0v) is 28.1. The number of hydrogen-bond acceptors (Lipinski definition) is 9. The molecule has 2 unspecified atom stereocenters. The van der Waals surface area contributed by atoms with Crippen LogP contribution < -0.4 is 5.32 Å². The molecule has 1 aromatic carbocycles. The monoisotopic (exact) mass is 653 g/mol. The lowest BCUT2D eigenvalue weighted by atomic mass is 9.98. The second kappa shape index (κ2) is 24.5. The minimum atomic E-state index is -1.61. The Kier molecular flexibility index (Phi) is 21.6. The van der Waals surface area contributed by atoms with Gasteiger partial charge in [0.25, 0.3) is 0 Å². The van der Waals surface area contributed by atoms with Gasteiger partial charge in [-0.05, 0) is 31.2 Å². The predicted molar refractivity (Wildman–Crippen MR) is 178 cm³/mol. The molecule has 0 spiro atoms. The van der Waals surface area contributed by atoms with Gasteiger partial charge in [-0.1, -0.05) is 121 Å². The van der Waals surface area contributed by atoms with Gasteiger partial charge in [-0.2, -0.15) is 0 Å². The molecule has 2 rings (SSSR count). The number of nitrogens with one attached hydrogen (secondary N) is 1. The summed E-state index contributed by atoms with van der Waals surface area (Å²) in [6, 6.07) is 9.15. The summed E-state index contributed by atoms with van der Waals surface area (Å²) in [7, 11) is 0. The molecule has 10 nitrogen and oxygen atoms in total. The first kappa shape index (κ1) is 40.5. The Hall–Kier alpha value is -1.63. The average Bonchev–Trinajstić information content (AvgIpc) is 3.06. The molecule has 1 aliphatic rings. The summed E-state index contributed by atoms with van der Waals surface area (Å²) in [4.78, 5) is 12.8. The molecule has 266 valence electrons. The molecule has 1 saturated heterocycles. The van der Waals surface area contributed by atoms with Crippen molar-refractivity contribution < 1.29 is 44.9 Å². The predicted octanol–water partition coefficient (Wildman–Crippen LogP) is 3.90. The molecule has 1 heterocycles. The summed E-state index contributed by atoms with van der Waals surface area (Å²) in [5.41, 5.74) is 1.25. The van der Waals surface area contributed by atoms with Gasteiger partial charge in [0.05, 0.1) is 25.4 Å². The maximum atomic E-state index is 12.8. The Morgan fingerprint density at radius 3 is 2.00 bits per heavy atom. The highest BCUT2D eigenvalue weighted by molar-refractivity contribution is 5.76. The molecule has 0 saturated carbocycles. The van der Waals surface area contributed by atoms with Gasteiger partial charge in [0.15, 0.2) is 6.29 Å². The van der Waals surface area contributed by atoms with Gasteiger partial charge < -0.3 is 45.4 Å². The highest BCUT2D eigenvalue weighted by Crippen LogP contribution is 2.23. The van der Waals surface area contributed by atoms with Gasteiger partial charge in [0.2, 0.25) is 5.91 Å². The van der Waals surface area contributed by atoms with Gasteiger partial charge in [-0.3, -0.25) is 4.79 Å². The molecule has 1 amide bonds. The van der Waals surface area contributed by atoms with Crippen molar-refractivity contribution >= 4 is 5.91 Å². The zero-order chi connectivity index (χ0) is 33.6. The molecule has 10 heteroatoms. The number of aliphatic hydroxyl groups excluding tert-OH is 6. The van der Waals surface area contributed by atoms with Crippen molar-refractivity contribution in [2.45, 2.75) is 171 Å². The molecule has 0 radical (unpaired) electrons. The molecule has 1 aromatic rings. The molecular weight excluding hydrogens is 590 g/mol. The van der Waals surface area contributed by atoms with Crippen LogP contribution in [0.4, 0.5) is 0 Å². The average molecular weight is 654 g/mol. The summed E-state index contributed by atoms with van der Waals surface area (Å²) in [5.74, 6) is -0.293. The molecule has 7 N–H and O–H groups in total. The van der Waals surface area contributed by atoms with Crippen molar-refractivity contribution in [1.82, 2.24) is 5.32 Å². The topological polar surface area (TPSA) is 169 Å². The van der Waals surface area contributed by atoms with Crippen LogP contribution in [-0.4, -0.2) is 98.7 Å². The van der Waals surface area contributed by atoms with Crippen molar-refractivity contribution in [3.05, 3.63) is 35.9 Å². The summed E-state index contributed by atoms with van der Waals surface area (Å²) < 4.78 is 11.1. The molecule has 0 bridgehead atoms. The van der Waals surface area contributed by atoms with E-state index in [0.29, 0.717) is 12.8 Å². The van der Waals surface area contributed by atoms with Crippen molar-refractivity contribution in [3.63, 3.8) is 0 Å². The number of rotatable bonds is 26. The van der Waals surface area contributed by atoms with Gasteiger partial charge in [0, 0.05) is 6.42 Å². The van der Waals surface area contributed by atoms with E-state index in [1.54, 1.807) is 0 Å². The molecular formula is C36H63NO9. The lowest BCUT2D eigenvalue weighted by Gasteiger charge is -2.40. The van der Waals surface area contributed by atoms with Crippen LogP contribution in [-0.2, 0) is 20.7 Å². The lowest BCUT2D eigenvalue weighted by molar-refractivity contribution is -0.303. The highest BCUT2D eigenvalue weighted by atomic mass is 16.7. The molecule has 0 aromatic heterocycles. The van der Waals surface area contributed by atoms with Crippen LogP contribution in [0.5, 0.6) is 0 Å². The Balaban J connectivity index is 1.79. The molecule has 1 aliphatic heterocycles. The van der Waals surface area contributed by atoms with E-state index < -0.39 is 55.6 Å². The zero-order valence-electron chi connectivity index (χ0n) is 28.1. The third-order valence-electron chi connectivity index (χ3n) is 9.01. The van der Waals surface area contributed by atoms with Crippen molar-refractivity contribution in [3.8, 4) is 0 Å². The van der Waals surface area contributed by atoms with Crippen molar-refractivity contribution in [2.75, 3.05) is 13.2 Å². The Morgan fingerprint density at radius 1 is 0.804 bits per heavy atom. The van der Waals surface area contributed by atoms with Crippen molar-refractivity contribution in [2.24, 2.45) is 0 Å². The van der Waals surface area contributed by atoms with Gasteiger partial charge in [-0.15, -0.1) is 0 Å². The van der Waals surface area contributed by atoms with E-state index in [4.69, 9.17) is 9.47 Å². The summed E-state index contributed by atoms with van der Waals surface area (Å²) in [5, 5.41) is 64.6. The number of amides is 1. The maximum absolute atomic E-state index is 12.8. The summed E-state index contributed by atoms with van der Waals surface area (Å²) >= 11 is 0. The third-order valence-corrected chi connectivity index (χ3v) is 9.01. The second-order valence-electron chi connectivity index (χ2n) is 13.0. The van der Waals surface area contributed by atoms with Crippen LogP contribution in [0.3, 0.4) is 0 Å². The lowest BCUT2D eigenvalue weighted by Crippen LogP contribution is -2.60. The van der Waals surface area contributed by atoms with Crippen molar-refractivity contribution in [1.29, 1.82) is 0 Å². The largest absolute Gasteiger partial charge is 0.394 e. The van der Waals surface area contributed by atoms with Crippen LogP contribution in [0.15, 0.2) is 30.3 Å². The van der Waals surface area contributed by atoms with Gasteiger partial charge in [-0.25, -0.2) is 0 Å². The fraction of sp³-hybridized carbons (Fsp3) is 0.806. The van der Waals surface area contributed by atoms with Gasteiger partial charge in [0.1, 0.15) is 30.5 Å². The normalized spacial score (nSPS) is 23.6. The first-order valence-electron chi connectivity index (χ1n) is 17.9. The quantitative estimate of drug-likeness (QED) is 0.0734. The SMILES string of the molecule is CCCCCCCCCCCCCC[C@@H](O)[C@@H](O)[C@H](CO[C@H]1OC(CO)[C@H](O)[C@H](O)C1O)NC(=O)CCCCCc1ccccc1. The number of carbonyl (C=O) groups excluding carboxylic acids is 1. The number of ether oxygens (including phenoxy) is 2. The van der Waals surface area contributed by atoms with E-state index in [-0.39, 0.29) is 18.9 Å². The standard InChI is InChI=1S/C36H63NO9/c1-2-3-4-5-6-7-8-9-10-11-12-18-23-29(39)32(41)28(26-45-36-35(44)34(43)33(42)30(25-38)46-36)37-31(40)24-19-14-17-22-27-20-15-13-16-21-27/h13,15-16,20-21,28-30,32-36,38-39,41-44H,2-12,14,17-19,22-26H2,1H3,(H,37,40)/t28-,29+,30?,32-,33-,34-,35?,36-/m0/s1. The Labute approximate surface area is 276 Å². The first-order valence-corrected chi connectivity index (χ1v) is 17.9. The molecule has 46 heavy (non-hydrogen) atoms. The van der Waals surface area contributed by atoms with E-state index in [0.717, 1.165) is 44.9 Å². The van der Waals surface area contributed by atoms with E-state index in [1.165, 1.54) is 56.9 Å². The third kappa shape index (κ3) is 16.0. The molecule has 0 aliphatic carbocycles. The number of hydrogen-bond donors (Lipinski definition) is 7. The van der Waals surface area contributed by atoms with Crippen LogP contribution in [0, 0.1) is 0 Å². The number of carbonyl (C=O) groups is 1. The van der Waals surface area contributed by atoms with E-state index in [2.05, 4.69) is 24.4 Å².